The van der Waals surface area contributed by atoms with Gasteiger partial charge in [-0.25, -0.2) is 0 Å². The molecule has 0 aliphatic carbocycles. The van der Waals surface area contributed by atoms with Crippen molar-refractivity contribution in [2.75, 3.05) is 13.2 Å². The van der Waals surface area contributed by atoms with Crippen LogP contribution in [-0.2, 0) is 11.3 Å². The van der Waals surface area contributed by atoms with Crippen molar-refractivity contribution in [3.05, 3.63) is 84.4 Å². The second kappa shape index (κ2) is 10.7. The van der Waals surface area contributed by atoms with Crippen LogP contribution in [0, 0.1) is 0 Å². The third-order valence-electron chi connectivity index (χ3n) is 6.60. The molecule has 0 saturated carbocycles. The van der Waals surface area contributed by atoms with E-state index in [9.17, 15) is 14.7 Å². The number of hydrogen-bond donors (Lipinski definition) is 1. The number of ketones is 1. The summed E-state index contributed by atoms with van der Waals surface area (Å²) in [6.45, 7) is 2.99. The molecule has 0 amide bonds. The van der Waals surface area contributed by atoms with E-state index < -0.39 is 5.97 Å². The second-order valence-corrected chi connectivity index (χ2v) is 9.11. The Hall–Kier alpha value is -4.32. The van der Waals surface area contributed by atoms with E-state index in [0.717, 1.165) is 51.2 Å². The summed E-state index contributed by atoms with van der Waals surface area (Å²) in [6, 6.07) is 25.7. The molecule has 0 saturated heterocycles. The predicted octanol–water partition coefficient (Wildman–Crippen LogP) is 6.86. The standard InChI is InChI=1S/C31H29NO5/c1-21(33)31-24-9-3-2-8-22(24)12-15-29(31)37-19-7-6-18-36-23-13-14-26-25-10-4-5-11-27(25)32(28(26)20-23)17-16-30(34)35/h2-5,8-15,20H,6-7,16-19H2,1H3,(H,34,35). The molecule has 5 rings (SSSR count). The summed E-state index contributed by atoms with van der Waals surface area (Å²) < 4.78 is 14.1. The SMILES string of the molecule is CC(=O)c1c(OCCCCOc2ccc3c4ccccc4n(CCC(=O)O)c3c2)ccc2ccccc12. The van der Waals surface area contributed by atoms with Gasteiger partial charge in [-0.2, -0.15) is 0 Å². The summed E-state index contributed by atoms with van der Waals surface area (Å²) in [6.07, 6.45) is 1.63. The van der Waals surface area contributed by atoms with Crippen molar-refractivity contribution >= 4 is 44.3 Å². The summed E-state index contributed by atoms with van der Waals surface area (Å²) in [5.41, 5.74) is 2.61. The lowest BCUT2D eigenvalue weighted by molar-refractivity contribution is -0.137. The van der Waals surface area contributed by atoms with E-state index in [1.54, 1.807) is 6.92 Å². The number of aliphatic carboxylic acids is 1. The fourth-order valence-corrected chi connectivity index (χ4v) is 4.88. The number of carboxylic acids is 1. The molecule has 0 aliphatic rings. The maximum atomic E-state index is 12.3. The summed E-state index contributed by atoms with van der Waals surface area (Å²) in [5, 5.41) is 13.3. The van der Waals surface area contributed by atoms with Gasteiger partial charge in [-0.1, -0.05) is 48.5 Å². The van der Waals surface area contributed by atoms with Crippen LogP contribution in [0.15, 0.2) is 78.9 Å². The number of fused-ring (bicyclic) bond motifs is 4. The van der Waals surface area contributed by atoms with Gasteiger partial charge in [0.1, 0.15) is 11.5 Å². The molecular formula is C31H29NO5. The molecule has 1 heterocycles. The molecule has 188 valence electrons. The van der Waals surface area contributed by atoms with Crippen LogP contribution in [0.2, 0.25) is 0 Å². The first kappa shape index (κ1) is 24.4. The topological polar surface area (TPSA) is 77.8 Å². The highest BCUT2D eigenvalue weighted by Gasteiger charge is 2.14. The van der Waals surface area contributed by atoms with Gasteiger partial charge in [-0.05, 0) is 54.8 Å². The Balaban J connectivity index is 1.21. The molecule has 0 bridgehead atoms. The van der Waals surface area contributed by atoms with Crippen LogP contribution < -0.4 is 9.47 Å². The van der Waals surface area contributed by atoms with Crippen molar-refractivity contribution in [2.24, 2.45) is 0 Å². The quantitative estimate of drug-likeness (QED) is 0.160. The average molecular weight is 496 g/mol. The number of carbonyl (C=O) groups is 2. The minimum atomic E-state index is -0.820. The third kappa shape index (κ3) is 5.14. The summed E-state index contributed by atoms with van der Waals surface area (Å²) in [5.74, 6) is 0.541. The Morgan fingerprint density at radius 3 is 2.27 bits per heavy atom. The number of Topliss-reactive ketones (excluding diaryl/α,β-unsaturated/α-hetero) is 1. The van der Waals surface area contributed by atoms with Crippen molar-refractivity contribution in [3.8, 4) is 11.5 Å². The molecular weight excluding hydrogens is 466 g/mol. The van der Waals surface area contributed by atoms with E-state index in [2.05, 4.69) is 10.6 Å². The van der Waals surface area contributed by atoms with Gasteiger partial charge in [-0.15, -0.1) is 0 Å². The van der Waals surface area contributed by atoms with Crippen LogP contribution in [0.25, 0.3) is 32.6 Å². The van der Waals surface area contributed by atoms with Crippen LogP contribution in [0.4, 0.5) is 0 Å². The molecule has 5 aromatic rings. The average Bonchev–Trinajstić information content (AvgIpc) is 3.21. The zero-order valence-corrected chi connectivity index (χ0v) is 20.8. The highest BCUT2D eigenvalue weighted by atomic mass is 16.5. The smallest absolute Gasteiger partial charge is 0.305 e. The Kier molecular flexibility index (Phi) is 7.08. The van der Waals surface area contributed by atoms with E-state index in [1.807, 2.05) is 72.8 Å². The van der Waals surface area contributed by atoms with E-state index in [-0.39, 0.29) is 12.2 Å². The van der Waals surface area contributed by atoms with E-state index in [1.165, 1.54) is 0 Å². The fraction of sp³-hybridized carbons (Fsp3) is 0.226. The van der Waals surface area contributed by atoms with Gasteiger partial charge in [-0.3, -0.25) is 9.59 Å². The maximum absolute atomic E-state index is 12.3. The molecule has 0 fully saturated rings. The van der Waals surface area contributed by atoms with E-state index in [4.69, 9.17) is 9.47 Å². The second-order valence-electron chi connectivity index (χ2n) is 9.11. The lowest BCUT2D eigenvalue weighted by atomic mass is 10.0. The Bertz CT molecular complexity index is 1600. The maximum Gasteiger partial charge on any atom is 0.305 e. The minimum Gasteiger partial charge on any atom is -0.494 e. The van der Waals surface area contributed by atoms with Gasteiger partial charge in [0.05, 0.1) is 30.7 Å². The lowest BCUT2D eigenvalue weighted by Gasteiger charge is -2.13. The first-order valence-electron chi connectivity index (χ1n) is 12.5. The monoisotopic (exact) mass is 495 g/mol. The van der Waals surface area contributed by atoms with Crippen molar-refractivity contribution in [3.63, 3.8) is 0 Å². The molecule has 0 spiro atoms. The molecule has 1 aromatic heterocycles. The largest absolute Gasteiger partial charge is 0.494 e. The normalized spacial score (nSPS) is 11.3. The van der Waals surface area contributed by atoms with Gasteiger partial charge >= 0.3 is 5.97 Å². The number of aryl methyl sites for hydroxylation is 1. The number of unbranched alkanes of at least 4 members (excludes halogenated alkanes) is 1. The van der Waals surface area contributed by atoms with Crippen LogP contribution >= 0.6 is 0 Å². The van der Waals surface area contributed by atoms with E-state index in [0.29, 0.717) is 31.1 Å². The van der Waals surface area contributed by atoms with Crippen molar-refractivity contribution in [1.29, 1.82) is 0 Å². The highest BCUT2D eigenvalue weighted by molar-refractivity contribution is 6.10. The Labute approximate surface area is 215 Å². The lowest BCUT2D eigenvalue weighted by Crippen LogP contribution is -2.06. The number of rotatable bonds is 11. The summed E-state index contributed by atoms with van der Waals surface area (Å²) >= 11 is 0. The van der Waals surface area contributed by atoms with Gasteiger partial charge in [0, 0.05) is 28.9 Å². The number of nitrogens with zero attached hydrogens (tertiary/aromatic N) is 1. The number of carboxylic acid groups (broad SMARTS) is 1. The molecule has 0 atom stereocenters. The van der Waals surface area contributed by atoms with Gasteiger partial charge in [0.2, 0.25) is 0 Å². The Morgan fingerprint density at radius 1 is 0.784 bits per heavy atom. The number of carbonyl (C=O) groups excluding carboxylic acids is 1. The van der Waals surface area contributed by atoms with Crippen molar-refractivity contribution < 1.29 is 24.2 Å². The van der Waals surface area contributed by atoms with Gasteiger partial charge in [0.15, 0.2) is 5.78 Å². The number of ether oxygens (including phenoxy) is 2. The van der Waals surface area contributed by atoms with Gasteiger partial charge in [0.25, 0.3) is 0 Å². The molecule has 37 heavy (non-hydrogen) atoms. The Morgan fingerprint density at radius 2 is 1.49 bits per heavy atom. The molecule has 0 aliphatic heterocycles. The molecule has 4 aromatic carbocycles. The van der Waals surface area contributed by atoms with Crippen LogP contribution in [-0.4, -0.2) is 34.6 Å². The summed E-state index contributed by atoms with van der Waals surface area (Å²) in [4.78, 5) is 23.5. The zero-order valence-electron chi connectivity index (χ0n) is 20.8. The number of aromatic nitrogens is 1. The number of para-hydroxylation sites is 1. The third-order valence-corrected chi connectivity index (χ3v) is 6.60. The first-order valence-corrected chi connectivity index (χ1v) is 12.5. The van der Waals surface area contributed by atoms with Crippen molar-refractivity contribution in [1.82, 2.24) is 4.57 Å². The minimum absolute atomic E-state index is 0.00806. The fourth-order valence-electron chi connectivity index (χ4n) is 4.88. The molecule has 0 unspecified atom stereocenters. The summed E-state index contributed by atoms with van der Waals surface area (Å²) in [7, 11) is 0. The molecule has 6 heteroatoms. The zero-order chi connectivity index (χ0) is 25.8. The number of hydrogen-bond acceptors (Lipinski definition) is 4. The first-order chi connectivity index (χ1) is 18.0. The highest BCUT2D eigenvalue weighted by Crippen LogP contribution is 2.32. The number of benzene rings is 4. The predicted molar refractivity (Wildman–Crippen MR) is 146 cm³/mol. The van der Waals surface area contributed by atoms with Crippen LogP contribution in [0.5, 0.6) is 11.5 Å². The molecule has 1 N–H and O–H groups in total. The van der Waals surface area contributed by atoms with Crippen LogP contribution in [0.3, 0.4) is 0 Å². The van der Waals surface area contributed by atoms with Crippen molar-refractivity contribution in [2.45, 2.75) is 32.7 Å². The molecule has 0 radical (unpaired) electrons. The van der Waals surface area contributed by atoms with Gasteiger partial charge < -0.3 is 19.1 Å². The van der Waals surface area contributed by atoms with E-state index >= 15 is 0 Å². The van der Waals surface area contributed by atoms with Crippen LogP contribution in [0.1, 0.15) is 36.5 Å². The molecule has 6 nitrogen and oxygen atoms in total.